The van der Waals surface area contributed by atoms with Crippen LogP contribution in [0.1, 0.15) is 40.7 Å². The fourth-order valence-electron chi connectivity index (χ4n) is 3.68. The van der Waals surface area contributed by atoms with Crippen LogP contribution < -0.4 is 4.74 Å². The molecular weight excluding hydrogens is 537 g/mol. The van der Waals surface area contributed by atoms with Gasteiger partial charge in [0.15, 0.2) is 6.20 Å². The third kappa shape index (κ3) is 5.23. The maximum Gasteiger partial charge on any atom is 0.406 e. The van der Waals surface area contributed by atoms with Gasteiger partial charge in [-0.15, -0.1) is 17.8 Å². The van der Waals surface area contributed by atoms with Crippen LogP contribution in [-0.2, 0) is 13.5 Å². The molecule has 1 atom stereocenters. The number of nitro groups is 1. The average molecular weight is 556 g/mol. The van der Waals surface area contributed by atoms with Gasteiger partial charge in [-0.2, -0.15) is 5.10 Å². The van der Waals surface area contributed by atoms with Gasteiger partial charge in [-0.1, -0.05) is 6.07 Å². The van der Waals surface area contributed by atoms with Gasteiger partial charge < -0.3 is 14.9 Å². The molecule has 3 aromatic heterocycles. The first kappa shape index (κ1) is 24.5. The van der Waals surface area contributed by atoms with E-state index in [9.17, 15) is 14.5 Å². The molecule has 0 aliphatic heterocycles. The number of benzene rings is 1. The van der Waals surface area contributed by atoms with E-state index in [0.717, 1.165) is 26.8 Å². The molecule has 3 heterocycles. The summed E-state index contributed by atoms with van der Waals surface area (Å²) in [5, 5.41) is 16.6. The van der Waals surface area contributed by atoms with Gasteiger partial charge in [0.05, 0.1) is 20.1 Å². The van der Waals surface area contributed by atoms with Crippen molar-refractivity contribution >= 4 is 33.1 Å². The van der Waals surface area contributed by atoms with Gasteiger partial charge >= 0.3 is 5.82 Å². The zero-order chi connectivity index (χ0) is 25.3. The van der Waals surface area contributed by atoms with Gasteiger partial charge in [0.2, 0.25) is 5.75 Å². The number of aromatic nitrogens is 4. The molecule has 0 saturated heterocycles. The van der Waals surface area contributed by atoms with Crippen molar-refractivity contribution in [1.29, 1.82) is 0 Å². The molecule has 4 rings (SSSR count). The third-order valence-corrected chi connectivity index (χ3v) is 6.73. The Morgan fingerprint density at radius 3 is 2.83 bits per heavy atom. The van der Waals surface area contributed by atoms with E-state index in [-0.39, 0.29) is 5.75 Å². The molecule has 0 saturated carbocycles. The van der Waals surface area contributed by atoms with Gasteiger partial charge in [0.25, 0.3) is 0 Å². The van der Waals surface area contributed by atoms with Gasteiger partial charge in [-0.05, 0) is 63.8 Å². The number of aryl methyl sites for hydroxylation is 2. The second-order valence-corrected chi connectivity index (χ2v) is 9.82. The van der Waals surface area contributed by atoms with Gasteiger partial charge in [0.1, 0.15) is 17.6 Å². The molecule has 11 heteroatoms. The molecule has 0 unspecified atom stereocenters. The number of hydrogen-bond donors (Lipinski definition) is 0. The van der Waals surface area contributed by atoms with E-state index in [1.54, 1.807) is 17.7 Å². The molecule has 0 amide bonds. The molecule has 0 fully saturated rings. The highest BCUT2D eigenvalue weighted by molar-refractivity contribution is 9.10. The molecule has 0 aliphatic rings. The normalized spacial score (nSPS) is 11.8. The molecule has 1 aromatic carbocycles. The smallest absolute Gasteiger partial charge is 0.406 e. The summed E-state index contributed by atoms with van der Waals surface area (Å²) in [5.74, 6) is 1.63. The summed E-state index contributed by atoms with van der Waals surface area (Å²) in [6, 6.07) is 7.71. The highest BCUT2D eigenvalue weighted by atomic mass is 79.9. The Bertz CT molecular complexity index is 1480. The second-order valence-electron chi connectivity index (χ2n) is 7.70. The van der Waals surface area contributed by atoms with Crippen molar-refractivity contribution in [3.05, 3.63) is 84.6 Å². The summed E-state index contributed by atoms with van der Waals surface area (Å²) < 4.78 is 22.5. The van der Waals surface area contributed by atoms with Crippen molar-refractivity contribution in [2.24, 2.45) is 7.05 Å². The Kier molecular flexibility index (Phi) is 6.95. The van der Waals surface area contributed by atoms with E-state index in [4.69, 9.17) is 16.1 Å². The number of rotatable bonds is 7. The first-order valence-corrected chi connectivity index (χ1v) is 12.0. The lowest BCUT2D eigenvalue weighted by Crippen LogP contribution is -2.08. The monoisotopic (exact) mass is 555 g/mol. The van der Waals surface area contributed by atoms with Crippen LogP contribution in [0.2, 0.25) is 0 Å². The van der Waals surface area contributed by atoms with Crippen LogP contribution in [0.15, 0.2) is 41.0 Å². The van der Waals surface area contributed by atoms with Gasteiger partial charge in [0, 0.05) is 36.4 Å². The molecular formula is C24H19BrFN5O3S. The van der Waals surface area contributed by atoms with Crippen molar-refractivity contribution in [3.8, 4) is 28.5 Å². The fraction of sp³-hybridized carbons (Fsp3) is 0.208. The summed E-state index contributed by atoms with van der Waals surface area (Å²) in [5.41, 5.74) is 3.45. The largest absolute Gasteiger partial charge is 0.478 e. The Balaban J connectivity index is 1.75. The lowest BCUT2D eigenvalue weighted by Gasteiger charge is -2.18. The van der Waals surface area contributed by atoms with E-state index in [0.29, 0.717) is 22.2 Å². The minimum Gasteiger partial charge on any atom is -0.478 e. The molecule has 4 aromatic rings. The maximum atomic E-state index is 14.4. The van der Waals surface area contributed by atoms with Crippen molar-refractivity contribution in [2.75, 3.05) is 0 Å². The number of thiazole rings is 1. The molecule has 8 nitrogen and oxygen atoms in total. The first-order chi connectivity index (χ1) is 16.7. The summed E-state index contributed by atoms with van der Waals surface area (Å²) in [6.07, 6.45) is 6.54. The molecule has 0 radical (unpaired) electrons. The van der Waals surface area contributed by atoms with Crippen molar-refractivity contribution in [3.63, 3.8) is 0 Å². The Morgan fingerprint density at radius 1 is 1.37 bits per heavy atom. The van der Waals surface area contributed by atoms with E-state index in [2.05, 4.69) is 31.9 Å². The molecule has 178 valence electrons. The lowest BCUT2D eigenvalue weighted by molar-refractivity contribution is -0.390. The first-order valence-electron chi connectivity index (χ1n) is 10.4. The average Bonchev–Trinajstić information content (AvgIpc) is 3.35. The standard InChI is InChI=1S/C24H19BrFN5O3S/c1-5-17-10-18(30(4)29-17)11-21-23(35-14(3)28-21)19-7-6-16(26)9-20(19)13(2)34-22-8-15(25)12-27-24(22)31(32)33/h1,6-10,12-13H,11H2,2-4H3/t13-/m1/s1. The number of terminal acetylenes is 1. The van der Waals surface area contributed by atoms with Crippen LogP contribution in [0.5, 0.6) is 5.75 Å². The van der Waals surface area contributed by atoms with Crippen LogP contribution in [0.25, 0.3) is 10.4 Å². The minimum absolute atomic E-state index is 0.0236. The van der Waals surface area contributed by atoms with Crippen molar-refractivity contribution in [2.45, 2.75) is 26.4 Å². The summed E-state index contributed by atoms with van der Waals surface area (Å²) in [6.45, 7) is 3.60. The van der Waals surface area contributed by atoms with Gasteiger partial charge in [-0.25, -0.2) is 9.37 Å². The quantitative estimate of drug-likeness (QED) is 0.163. The topological polar surface area (TPSA) is 96.0 Å². The van der Waals surface area contributed by atoms with Crippen LogP contribution >= 0.6 is 27.3 Å². The number of nitrogens with zero attached hydrogens (tertiary/aromatic N) is 5. The molecule has 35 heavy (non-hydrogen) atoms. The Morgan fingerprint density at radius 2 is 2.14 bits per heavy atom. The third-order valence-electron chi connectivity index (χ3n) is 5.25. The number of halogens is 2. The minimum atomic E-state index is -0.726. The van der Waals surface area contributed by atoms with Crippen molar-refractivity contribution in [1.82, 2.24) is 19.7 Å². The number of ether oxygens (including phenoxy) is 1. The van der Waals surface area contributed by atoms with E-state index in [1.807, 2.05) is 20.0 Å². The summed E-state index contributed by atoms with van der Waals surface area (Å²) in [4.78, 5) is 20.2. The van der Waals surface area contributed by atoms with Gasteiger partial charge in [-0.3, -0.25) is 4.68 Å². The summed E-state index contributed by atoms with van der Waals surface area (Å²) in [7, 11) is 1.81. The molecule has 0 aliphatic carbocycles. The van der Waals surface area contributed by atoms with E-state index >= 15 is 0 Å². The zero-order valence-electron chi connectivity index (χ0n) is 19.0. The van der Waals surface area contributed by atoms with E-state index < -0.39 is 22.7 Å². The van der Waals surface area contributed by atoms with E-state index in [1.165, 1.54) is 35.7 Å². The molecule has 0 bridgehead atoms. The van der Waals surface area contributed by atoms with Crippen molar-refractivity contribution < 1.29 is 14.1 Å². The molecule has 0 N–H and O–H groups in total. The maximum absolute atomic E-state index is 14.4. The predicted molar refractivity (Wildman–Crippen MR) is 134 cm³/mol. The van der Waals surface area contributed by atoms with Crippen LogP contribution in [0.3, 0.4) is 0 Å². The Labute approximate surface area is 213 Å². The zero-order valence-corrected chi connectivity index (χ0v) is 21.4. The van der Waals surface area contributed by atoms with Crippen LogP contribution in [0.4, 0.5) is 10.2 Å². The SMILES string of the molecule is C#Cc1cc(Cc2nc(C)sc2-c2ccc(F)cc2[C@@H](C)Oc2cc(Br)cnc2[N+](=O)[O-])n(C)n1. The second kappa shape index (κ2) is 9.93. The fourth-order valence-corrected chi connectivity index (χ4v) is 4.97. The highest BCUT2D eigenvalue weighted by Crippen LogP contribution is 2.39. The predicted octanol–water partition coefficient (Wildman–Crippen LogP) is 5.77. The summed E-state index contributed by atoms with van der Waals surface area (Å²) >= 11 is 4.73. The highest BCUT2D eigenvalue weighted by Gasteiger charge is 2.24. The number of pyridine rings is 1. The lowest BCUT2D eigenvalue weighted by atomic mass is 9.99. The van der Waals surface area contributed by atoms with Crippen LogP contribution in [-0.4, -0.2) is 24.7 Å². The molecule has 0 spiro atoms. The number of hydrogen-bond acceptors (Lipinski definition) is 7. The van der Waals surface area contributed by atoms with Crippen LogP contribution in [0, 0.1) is 35.2 Å². The Hall–Kier alpha value is -3.62.